The van der Waals surface area contributed by atoms with Crippen molar-refractivity contribution in [3.63, 3.8) is 0 Å². The van der Waals surface area contributed by atoms with Gasteiger partial charge in [-0.1, -0.05) is 6.92 Å². The van der Waals surface area contributed by atoms with E-state index in [1.807, 2.05) is 13.8 Å². The molecule has 1 unspecified atom stereocenters. The Hall–Kier alpha value is -1.62. The van der Waals surface area contributed by atoms with Gasteiger partial charge in [0.25, 0.3) is 5.91 Å². The molecule has 1 heterocycles. The van der Waals surface area contributed by atoms with Gasteiger partial charge in [-0.2, -0.15) is 0 Å². The molecule has 94 valence electrons. The minimum atomic E-state index is -0.346. The van der Waals surface area contributed by atoms with Crippen molar-refractivity contribution in [3.8, 4) is 5.75 Å². The average Bonchev–Trinajstić information content (AvgIpc) is 2.29. The van der Waals surface area contributed by atoms with Gasteiger partial charge in [0.05, 0.1) is 11.8 Å². The maximum atomic E-state index is 12.0. The highest BCUT2D eigenvalue weighted by molar-refractivity contribution is 5.97. The number of aromatic hydroxyl groups is 1. The molecule has 0 aliphatic heterocycles. The van der Waals surface area contributed by atoms with Gasteiger partial charge >= 0.3 is 0 Å². The molecule has 17 heavy (non-hydrogen) atoms. The van der Waals surface area contributed by atoms with Crippen LogP contribution in [0.1, 0.15) is 37.0 Å². The van der Waals surface area contributed by atoms with E-state index in [9.17, 15) is 9.90 Å². The Kier molecular flexibility index (Phi) is 4.45. The van der Waals surface area contributed by atoms with E-state index in [4.69, 9.17) is 5.73 Å². The Morgan fingerprint density at radius 1 is 1.65 bits per heavy atom. The lowest BCUT2D eigenvalue weighted by Crippen LogP contribution is -2.46. The van der Waals surface area contributed by atoms with Gasteiger partial charge in [0, 0.05) is 11.7 Å². The van der Waals surface area contributed by atoms with Crippen LogP contribution in [0.25, 0.3) is 0 Å². The van der Waals surface area contributed by atoms with E-state index in [1.54, 1.807) is 0 Å². The normalized spacial score (nSPS) is 14.1. The van der Waals surface area contributed by atoms with Crippen LogP contribution in [0.3, 0.4) is 0 Å². The zero-order valence-corrected chi connectivity index (χ0v) is 10.2. The van der Waals surface area contributed by atoms with Crippen LogP contribution in [0.4, 0.5) is 0 Å². The van der Waals surface area contributed by atoms with Crippen molar-refractivity contribution < 1.29 is 9.90 Å². The third-order valence-electron chi connectivity index (χ3n) is 2.94. The van der Waals surface area contributed by atoms with Gasteiger partial charge in [-0.25, -0.2) is 0 Å². The summed E-state index contributed by atoms with van der Waals surface area (Å²) < 4.78 is 0. The third kappa shape index (κ3) is 3.42. The Morgan fingerprint density at radius 2 is 2.35 bits per heavy atom. The Labute approximate surface area is 101 Å². The van der Waals surface area contributed by atoms with Crippen LogP contribution >= 0.6 is 0 Å². The molecule has 1 amide bonds. The van der Waals surface area contributed by atoms with Crippen LogP contribution in [-0.2, 0) is 0 Å². The fraction of sp³-hybridized carbons (Fsp3) is 0.500. The fourth-order valence-corrected chi connectivity index (χ4v) is 1.57. The number of hydrogen-bond acceptors (Lipinski definition) is 4. The summed E-state index contributed by atoms with van der Waals surface area (Å²) in [6.45, 7) is 4.44. The largest absolute Gasteiger partial charge is 0.505 e. The quantitative estimate of drug-likeness (QED) is 0.713. The first kappa shape index (κ1) is 13.4. The molecular formula is C12H19N3O2. The lowest BCUT2D eigenvalue weighted by molar-refractivity contribution is 0.0897. The minimum absolute atomic E-state index is 0.115. The number of pyridine rings is 1. The minimum Gasteiger partial charge on any atom is -0.505 e. The van der Waals surface area contributed by atoms with Gasteiger partial charge in [-0.15, -0.1) is 0 Å². The number of nitrogens with zero attached hydrogens (tertiary/aromatic N) is 1. The molecule has 1 atom stereocenters. The topological polar surface area (TPSA) is 88.2 Å². The summed E-state index contributed by atoms with van der Waals surface area (Å²) in [4.78, 5) is 15.7. The van der Waals surface area contributed by atoms with E-state index in [1.165, 1.54) is 18.5 Å². The Bertz CT molecular complexity index is 395. The predicted molar refractivity (Wildman–Crippen MR) is 65.7 cm³/mol. The molecular weight excluding hydrogens is 218 g/mol. The van der Waals surface area contributed by atoms with Crippen LogP contribution < -0.4 is 11.1 Å². The van der Waals surface area contributed by atoms with E-state index in [-0.39, 0.29) is 22.8 Å². The molecule has 0 aliphatic carbocycles. The first-order chi connectivity index (χ1) is 8.02. The SMILES string of the molecule is CCC(C)(CCN)NC(=O)c1ccncc1O. The number of nitrogens with two attached hydrogens (primary N) is 1. The van der Waals surface area contributed by atoms with Crippen molar-refractivity contribution >= 4 is 5.91 Å². The average molecular weight is 237 g/mol. The lowest BCUT2D eigenvalue weighted by atomic mass is 9.94. The summed E-state index contributed by atoms with van der Waals surface area (Å²) in [6.07, 6.45) is 4.20. The van der Waals surface area contributed by atoms with Gasteiger partial charge in [0.1, 0.15) is 5.75 Å². The van der Waals surface area contributed by atoms with E-state index in [0.717, 1.165) is 6.42 Å². The molecule has 0 saturated heterocycles. The first-order valence-electron chi connectivity index (χ1n) is 5.68. The van der Waals surface area contributed by atoms with E-state index < -0.39 is 0 Å². The van der Waals surface area contributed by atoms with Crippen molar-refractivity contribution in [2.75, 3.05) is 6.54 Å². The van der Waals surface area contributed by atoms with Gasteiger partial charge < -0.3 is 16.2 Å². The summed E-state index contributed by atoms with van der Waals surface area (Å²) in [7, 11) is 0. The van der Waals surface area contributed by atoms with Crippen LogP contribution in [0.2, 0.25) is 0 Å². The third-order valence-corrected chi connectivity index (χ3v) is 2.94. The molecule has 5 nitrogen and oxygen atoms in total. The molecule has 1 aromatic rings. The van der Waals surface area contributed by atoms with Gasteiger partial charge in [-0.3, -0.25) is 9.78 Å². The molecule has 0 radical (unpaired) electrons. The molecule has 0 bridgehead atoms. The predicted octanol–water partition coefficient (Wildman–Crippen LogP) is 1.03. The molecule has 0 fully saturated rings. The van der Waals surface area contributed by atoms with Crippen molar-refractivity contribution in [1.82, 2.24) is 10.3 Å². The van der Waals surface area contributed by atoms with Gasteiger partial charge in [-0.05, 0) is 32.4 Å². The number of rotatable bonds is 5. The number of amides is 1. The summed E-state index contributed by atoms with van der Waals surface area (Å²) in [5.41, 5.74) is 5.41. The van der Waals surface area contributed by atoms with Crippen LogP contribution in [0, 0.1) is 0 Å². The maximum Gasteiger partial charge on any atom is 0.255 e. The smallest absolute Gasteiger partial charge is 0.255 e. The zero-order valence-electron chi connectivity index (χ0n) is 10.2. The second-order valence-electron chi connectivity index (χ2n) is 4.30. The molecule has 0 spiro atoms. The van der Waals surface area contributed by atoms with E-state index in [0.29, 0.717) is 13.0 Å². The molecule has 0 aromatic carbocycles. The number of hydrogen-bond donors (Lipinski definition) is 3. The highest BCUT2D eigenvalue weighted by atomic mass is 16.3. The Morgan fingerprint density at radius 3 is 2.88 bits per heavy atom. The summed E-state index contributed by atoms with van der Waals surface area (Å²) >= 11 is 0. The van der Waals surface area contributed by atoms with Gasteiger partial charge in [0.15, 0.2) is 0 Å². The number of carbonyl (C=O) groups is 1. The van der Waals surface area contributed by atoms with Crippen molar-refractivity contribution in [3.05, 3.63) is 24.0 Å². The molecule has 4 N–H and O–H groups in total. The van der Waals surface area contributed by atoms with Crippen molar-refractivity contribution in [2.45, 2.75) is 32.2 Å². The van der Waals surface area contributed by atoms with Gasteiger partial charge in [0.2, 0.25) is 0 Å². The highest BCUT2D eigenvalue weighted by Crippen LogP contribution is 2.18. The lowest BCUT2D eigenvalue weighted by Gasteiger charge is -2.29. The fourth-order valence-electron chi connectivity index (χ4n) is 1.57. The number of carbonyl (C=O) groups excluding carboxylic acids is 1. The maximum absolute atomic E-state index is 12.0. The standard InChI is InChI=1S/C12H19N3O2/c1-3-12(2,5-6-13)15-11(17)9-4-7-14-8-10(9)16/h4,7-8,16H,3,5-6,13H2,1-2H3,(H,15,17). The summed E-state index contributed by atoms with van der Waals surface area (Å²) in [5, 5.41) is 12.4. The number of nitrogens with one attached hydrogen (secondary N) is 1. The second-order valence-corrected chi connectivity index (χ2v) is 4.30. The zero-order chi connectivity index (χ0) is 12.9. The number of aromatic nitrogens is 1. The van der Waals surface area contributed by atoms with Crippen molar-refractivity contribution in [1.29, 1.82) is 0 Å². The molecule has 1 rings (SSSR count). The highest BCUT2D eigenvalue weighted by Gasteiger charge is 2.24. The van der Waals surface area contributed by atoms with Crippen LogP contribution in [-0.4, -0.2) is 28.1 Å². The Balaban J connectivity index is 2.82. The van der Waals surface area contributed by atoms with E-state index >= 15 is 0 Å². The monoisotopic (exact) mass is 237 g/mol. The molecule has 5 heteroatoms. The van der Waals surface area contributed by atoms with Crippen molar-refractivity contribution in [2.24, 2.45) is 5.73 Å². The molecule has 0 aliphatic rings. The molecule has 1 aromatic heterocycles. The summed E-state index contributed by atoms with van der Waals surface area (Å²) in [5.74, 6) is -0.418. The first-order valence-corrected chi connectivity index (χ1v) is 5.68. The van der Waals surface area contributed by atoms with Crippen LogP contribution in [0.5, 0.6) is 5.75 Å². The molecule has 0 saturated carbocycles. The van der Waals surface area contributed by atoms with Crippen LogP contribution in [0.15, 0.2) is 18.5 Å². The summed E-state index contributed by atoms with van der Waals surface area (Å²) in [6, 6.07) is 1.49. The van der Waals surface area contributed by atoms with E-state index in [2.05, 4.69) is 10.3 Å². The second kappa shape index (κ2) is 5.63.